The molecular weight excluding hydrogens is 234 g/mol. The number of aromatic nitrogens is 2. The molecule has 2 aromatic heterocycles. The smallest absolute Gasteiger partial charge is 0.287 e. The van der Waals surface area contributed by atoms with E-state index >= 15 is 0 Å². The molecule has 7 heteroatoms. The summed E-state index contributed by atoms with van der Waals surface area (Å²) in [6.45, 7) is 0.388. The molecule has 6 nitrogen and oxygen atoms in total. The molecule has 2 rings (SSSR count). The number of carbonyl (C=O) groups is 1. The molecule has 0 aliphatic carbocycles. The maximum Gasteiger partial charge on any atom is 0.287 e. The molecular formula is C9H8ClN3O3. The Labute approximate surface area is 95.6 Å². The van der Waals surface area contributed by atoms with E-state index in [1.165, 1.54) is 18.5 Å². The summed E-state index contributed by atoms with van der Waals surface area (Å²) >= 11 is 5.54. The molecule has 1 amide bonds. The fourth-order valence-corrected chi connectivity index (χ4v) is 1.26. The number of amides is 1. The van der Waals surface area contributed by atoms with Gasteiger partial charge in [0.05, 0.1) is 0 Å². The van der Waals surface area contributed by atoms with Crippen LogP contribution in [0.5, 0.6) is 0 Å². The second-order valence-corrected chi connectivity index (χ2v) is 3.32. The van der Waals surface area contributed by atoms with Gasteiger partial charge in [-0.3, -0.25) is 4.79 Å². The number of rotatable bonds is 4. The molecule has 0 spiro atoms. The van der Waals surface area contributed by atoms with E-state index in [9.17, 15) is 4.79 Å². The lowest BCUT2D eigenvalue weighted by Crippen LogP contribution is -2.25. The van der Waals surface area contributed by atoms with Crippen LogP contribution in [0.25, 0.3) is 0 Å². The minimum atomic E-state index is -0.327. The Morgan fingerprint density at radius 3 is 3.00 bits per heavy atom. The van der Waals surface area contributed by atoms with Crippen LogP contribution in [0.3, 0.4) is 0 Å². The molecule has 0 aromatic carbocycles. The Hall–Kier alpha value is -1.82. The molecule has 0 saturated carbocycles. The van der Waals surface area contributed by atoms with Gasteiger partial charge in [0.2, 0.25) is 5.89 Å². The van der Waals surface area contributed by atoms with Crippen molar-refractivity contribution in [3.8, 4) is 0 Å². The van der Waals surface area contributed by atoms with E-state index in [1.807, 2.05) is 0 Å². The van der Waals surface area contributed by atoms with Crippen molar-refractivity contribution in [2.24, 2.45) is 0 Å². The highest BCUT2D eigenvalue weighted by molar-refractivity contribution is 6.29. The molecule has 0 radical (unpaired) electrons. The van der Waals surface area contributed by atoms with Crippen LogP contribution >= 0.6 is 11.6 Å². The maximum atomic E-state index is 11.5. The van der Waals surface area contributed by atoms with Gasteiger partial charge < -0.3 is 14.3 Å². The second kappa shape index (κ2) is 4.80. The van der Waals surface area contributed by atoms with Crippen molar-refractivity contribution in [3.63, 3.8) is 0 Å². The summed E-state index contributed by atoms with van der Waals surface area (Å²) in [7, 11) is 0. The summed E-state index contributed by atoms with van der Waals surface area (Å²) in [5.74, 6) is 0.319. The lowest BCUT2D eigenvalue weighted by molar-refractivity contribution is 0.0926. The first-order valence-corrected chi connectivity index (χ1v) is 4.92. The Morgan fingerprint density at radius 1 is 1.50 bits per heavy atom. The van der Waals surface area contributed by atoms with Gasteiger partial charge in [0.1, 0.15) is 0 Å². The summed E-state index contributed by atoms with van der Waals surface area (Å²) in [4.78, 5) is 15.3. The lowest BCUT2D eigenvalue weighted by atomic mass is 10.4. The molecule has 0 aliphatic rings. The minimum absolute atomic E-state index is 0.176. The van der Waals surface area contributed by atoms with Crippen molar-refractivity contribution >= 4 is 17.5 Å². The highest BCUT2D eigenvalue weighted by Gasteiger charge is 2.10. The molecule has 1 N–H and O–H groups in total. The quantitative estimate of drug-likeness (QED) is 0.872. The zero-order chi connectivity index (χ0) is 11.4. The topological polar surface area (TPSA) is 81.2 Å². The average molecular weight is 242 g/mol. The standard InChI is InChI=1S/C9H8ClN3O3/c10-7-2-1-6(15-7)9(14)11-4-3-8-12-5-13-16-8/h1-2,5H,3-4H2,(H,11,14). The first-order chi connectivity index (χ1) is 7.75. The van der Waals surface area contributed by atoms with Crippen molar-refractivity contribution in [2.45, 2.75) is 6.42 Å². The summed E-state index contributed by atoms with van der Waals surface area (Å²) in [6.07, 6.45) is 1.78. The molecule has 0 atom stereocenters. The molecule has 0 bridgehead atoms. The van der Waals surface area contributed by atoms with Crippen molar-refractivity contribution in [1.82, 2.24) is 15.5 Å². The van der Waals surface area contributed by atoms with Gasteiger partial charge in [-0.25, -0.2) is 0 Å². The van der Waals surface area contributed by atoms with Crippen LogP contribution in [0, 0.1) is 0 Å². The largest absolute Gasteiger partial charge is 0.440 e. The zero-order valence-corrected chi connectivity index (χ0v) is 8.90. The fourth-order valence-electron chi connectivity index (χ4n) is 1.11. The number of halogens is 1. The SMILES string of the molecule is O=C(NCCc1ncno1)c1ccc(Cl)o1. The van der Waals surface area contributed by atoms with Gasteiger partial charge in [-0.15, -0.1) is 0 Å². The summed E-state index contributed by atoms with van der Waals surface area (Å²) in [5, 5.41) is 6.26. The van der Waals surface area contributed by atoms with Gasteiger partial charge in [0, 0.05) is 13.0 Å². The molecule has 0 aliphatic heterocycles. The normalized spacial score (nSPS) is 10.3. The maximum absolute atomic E-state index is 11.5. The van der Waals surface area contributed by atoms with E-state index < -0.39 is 0 Å². The molecule has 0 unspecified atom stereocenters. The lowest BCUT2D eigenvalue weighted by Gasteiger charge is -1.99. The van der Waals surface area contributed by atoms with Crippen molar-refractivity contribution < 1.29 is 13.7 Å². The molecule has 0 fully saturated rings. The third-order valence-electron chi connectivity index (χ3n) is 1.83. The molecule has 0 saturated heterocycles. The van der Waals surface area contributed by atoms with Crippen molar-refractivity contribution in [3.05, 3.63) is 35.3 Å². The van der Waals surface area contributed by atoms with E-state index in [1.54, 1.807) is 0 Å². The minimum Gasteiger partial charge on any atom is -0.440 e. The summed E-state index contributed by atoms with van der Waals surface area (Å²) < 4.78 is 9.70. The highest BCUT2D eigenvalue weighted by atomic mass is 35.5. The van der Waals surface area contributed by atoms with Gasteiger partial charge in [0.15, 0.2) is 17.3 Å². The molecule has 2 aromatic rings. The molecule has 84 valence electrons. The van der Waals surface area contributed by atoms with E-state index in [0.29, 0.717) is 18.9 Å². The number of nitrogens with one attached hydrogen (secondary N) is 1. The highest BCUT2D eigenvalue weighted by Crippen LogP contribution is 2.12. The summed E-state index contributed by atoms with van der Waals surface area (Å²) in [6, 6.07) is 3.01. The Balaban J connectivity index is 1.80. The average Bonchev–Trinajstić information content (AvgIpc) is 2.89. The Morgan fingerprint density at radius 2 is 2.38 bits per heavy atom. The Bertz CT molecular complexity index is 466. The Kier molecular flexibility index (Phi) is 3.21. The molecule has 16 heavy (non-hydrogen) atoms. The summed E-state index contributed by atoms with van der Waals surface area (Å²) in [5.41, 5.74) is 0. The van der Waals surface area contributed by atoms with E-state index in [2.05, 4.69) is 15.5 Å². The second-order valence-electron chi connectivity index (χ2n) is 2.94. The number of hydrogen-bond donors (Lipinski definition) is 1. The third kappa shape index (κ3) is 2.60. The van der Waals surface area contributed by atoms with Gasteiger partial charge in [-0.2, -0.15) is 4.98 Å². The third-order valence-corrected chi connectivity index (χ3v) is 2.03. The van der Waals surface area contributed by atoms with Gasteiger partial charge >= 0.3 is 0 Å². The van der Waals surface area contributed by atoms with Crippen LogP contribution < -0.4 is 5.32 Å². The predicted molar refractivity (Wildman–Crippen MR) is 54.1 cm³/mol. The van der Waals surface area contributed by atoms with E-state index in [0.717, 1.165) is 0 Å². The van der Waals surface area contributed by atoms with Gasteiger partial charge in [-0.05, 0) is 23.7 Å². The van der Waals surface area contributed by atoms with Gasteiger partial charge in [-0.1, -0.05) is 5.16 Å². The van der Waals surface area contributed by atoms with E-state index in [-0.39, 0.29) is 16.9 Å². The number of hydrogen-bond acceptors (Lipinski definition) is 5. The zero-order valence-electron chi connectivity index (χ0n) is 8.14. The van der Waals surface area contributed by atoms with Crippen LogP contribution in [0.2, 0.25) is 5.22 Å². The number of furan rings is 1. The van der Waals surface area contributed by atoms with Crippen LogP contribution in [0.15, 0.2) is 27.4 Å². The number of carbonyl (C=O) groups excluding carboxylic acids is 1. The van der Waals surface area contributed by atoms with Crippen LogP contribution in [-0.2, 0) is 6.42 Å². The van der Waals surface area contributed by atoms with E-state index in [4.69, 9.17) is 20.5 Å². The fraction of sp³-hybridized carbons (Fsp3) is 0.222. The number of nitrogens with zero attached hydrogens (tertiary/aromatic N) is 2. The van der Waals surface area contributed by atoms with Crippen LogP contribution in [0.1, 0.15) is 16.4 Å². The first-order valence-electron chi connectivity index (χ1n) is 4.55. The van der Waals surface area contributed by atoms with Crippen LogP contribution in [-0.4, -0.2) is 22.6 Å². The molecule has 2 heterocycles. The predicted octanol–water partition coefficient (Wildman–Crippen LogP) is 1.29. The van der Waals surface area contributed by atoms with Crippen LogP contribution in [0.4, 0.5) is 0 Å². The monoisotopic (exact) mass is 241 g/mol. The first kappa shape index (κ1) is 10.7. The van der Waals surface area contributed by atoms with Gasteiger partial charge in [0.25, 0.3) is 5.91 Å². The van der Waals surface area contributed by atoms with Crippen molar-refractivity contribution in [1.29, 1.82) is 0 Å². The van der Waals surface area contributed by atoms with Crippen molar-refractivity contribution in [2.75, 3.05) is 6.54 Å².